The Hall–Kier alpha value is -2.15. The zero-order valence-corrected chi connectivity index (χ0v) is 10.6. The molecule has 0 aliphatic carbocycles. The summed E-state index contributed by atoms with van der Waals surface area (Å²) < 4.78 is 1.57. The summed E-state index contributed by atoms with van der Waals surface area (Å²) in [6.07, 6.45) is 3.72. The Morgan fingerprint density at radius 2 is 2.42 bits per heavy atom. The van der Waals surface area contributed by atoms with Gasteiger partial charge in [-0.15, -0.1) is 0 Å². The number of carbonyl (C=O) groups excluding carboxylic acids is 1. The number of aromatic nitrogens is 3. The maximum atomic E-state index is 11.7. The van der Waals surface area contributed by atoms with Crippen LogP contribution >= 0.6 is 0 Å². The Morgan fingerprint density at radius 1 is 1.58 bits per heavy atom. The summed E-state index contributed by atoms with van der Waals surface area (Å²) in [7, 11) is 1.58. The molecule has 100 valence electrons. The van der Waals surface area contributed by atoms with Crippen molar-refractivity contribution < 1.29 is 9.90 Å². The van der Waals surface area contributed by atoms with Crippen LogP contribution in [-0.2, 0) is 0 Å². The molecular formula is C12H15N5O2. The molecule has 0 bridgehead atoms. The van der Waals surface area contributed by atoms with Gasteiger partial charge >= 0.3 is 0 Å². The molecule has 0 radical (unpaired) electrons. The van der Waals surface area contributed by atoms with Crippen LogP contribution in [0.3, 0.4) is 0 Å². The highest BCUT2D eigenvalue weighted by Crippen LogP contribution is 2.19. The second-order valence-corrected chi connectivity index (χ2v) is 4.58. The van der Waals surface area contributed by atoms with E-state index in [2.05, 4.69) is 15.4 Å². The smallest absolute Gasteiger partial charge is 0.256 e. The van der Waals surface area contributed by atoms with Crippen LogP contribution in [0.1, 0.15) is 16.8 Å². The van der Waals surface area contributed by atoms with E-state index >= 15 is 0 Å². The number of aliphatic hydroxyl groups excluding tert-OH is 1. The Labute approximate surface area is 109 Å². The highest BCUT2D eigenvalue weighted by molar-refractivity contribution is 5.99. The van der Waals surface area contributed by atoms with E-state index in [1.54, 1.807) is 17.8 Å². The molecule has 1 atom stereocenters. The van der Waals surface area contributed by atoms with E-state index in [1.165, 1.54) is 6.20 Å². The molecule has 1 amide bonds. The van der Waals surface area contributed by atoms with Gasteiger partial charge in [0.05, 0.1) is 12.3 Å². The number of hydrogen-bond acceptors (Lipinski definition) is 5. The lowest BCUT2D eigenvalue weighted by Gasteiger charge is -2.16. The van der Waals surface area contributed by atoms with Crippen molar-refractivity contribution in [2.45, 2.75) is 12.5 Å². The summed E-state index contributed by atoms with van der Waals surface area (Å²) in [6.45, 7) is 1.35. The van der Waals surface area contributed by atoms with Gasteiger partial charge in [0.2, 0.25) is 0 Å². The van der Waals surface area contributed by atoms with Crippen LogP contribution in [0.15, 0.2) is 18.5 Å². The average Bonchev–Trinajstić information content (AvgIpc) is 3.03. The van der Waals surface area contributed by atoms with Crippen LogP contribution in [0.4, 0.5) is 5.82 Å². The third-order valence-electron chi connectivity index (χ3n) is 3.31. The Bertz CT molecular complexity index is 624. The van der Waals surface area contributed by atoms with E-state index in [1.807, 2.05) is 11.0 Å². The average molecular weight is 261 g/mol. The molecule has 2 aromatic rings. The van der Waals surface area contributed by atoms with E-state index in [4.69, 9.17) is 0 Å². The van der Waals surface area contributed by atoms with Crippen molar-refractivity contribution in [3.63, 3.8) is 0 Å². The van der Waals surface area contributed by atoms with Crippen molar-refractivity contribution in [3.05, 3.63) is 24.0 Å². The summed E-state index contributed by atoms with van der Waals surface area (Å²) in [4.78, 5) is 18.2. The molecule has 3 rings (SSSR count). The van der Waals surface area contributed by atoms with Gasteiger partial charge in [-0.1, -0.05) is 0 Å². The highest BCUT2D eigenvalue weighted by atomic mass is 16.3. The van der Waals surface area contributed by atoms with Gasteiger partial charge < -0.3 is 15.3 Å². The number of aliphatic hydroxyl groups is 1. The van der Waals surface area contributed by atoms with Crippen LogP contribution in [-0.4, -0.2) is 51.9 Å². The lowest BCUT2D eigenvalue weighted by Crippen LogP contribution is -2.23. The number of β-amino-alcohol motifs (C(OH)–C–C–N with tert-alkyl or cyclic N) is 1. The molecule has 2 aromatic heterocycles. The molecule has 19 heavy (non-hydrogen) atoms. The lowest BCUT2D eigenvalue weighted by molar-refractivity contribution is 0.0964. The molecule has 7 nitrogen and oxygen atoms in total. The summed E-state index contributed by atoms with van der Waals surface area (Å²) in [5, 5.41) is 16.2. The molecule has 3 heterocycles. The first-order valence-corrected chi connectivity index (χ1v) is 6.18. The number of nitrogens with one attached hydrogen (secondary N) is 1. The van der Waals surface area contributed by atoms with Gasteiger partial charge in [-0.3, -0.25) is 4.79 Å². The first-order chi connectivity index (χ1) is 9.19. The van der Waals surface area contributed by atoms with E-state index in [0.717, 1.165) is 18.8 Å². The number of carbonyl (C=O) groups is 1. The van der Waals surface area contributed by atoms with Crippen molar-refractivity contribution in [1.29, 1.82) is 0 Å². The summed E-state index contributed by atoms with van der Waals surface area (Å²) in [6, 6.07) is 1.84. The minimum Gasteiger partial charge on any atom is -0.391 e. The van der Waals surface area contributed by atoms with Gasteiger partial charge in [0.25, 0.3) is 5.91 Å². The quantitative estimate of drug-likeness (QED) is 0.773. The van der Waals surface area contributed by atoms with Crippen molar-refractivity contribution in [2.75, 3.05) is 25.0 Å². The zero-order valence-electron chi connectivity index (χ0n) is 10.6. The SMILES string of the molecule is CNC(=O)c1cnn2ccc(N3CCC(O)C3)nc12. The van der Waals surface area contributed by atoms with E-state index in [0.29, 0.717) is 17.8 Å². The van der Waals surface area contributed by atoms with Gasteiger partial charge in [-0.2, -0.15) is 5.10 Å². The fourth-order valence-corrected chi connectivity index (χ4v) is 2.28. The number of nitrogens with zero attached hydrogens (tertiary/aromatic N) is 4. The molecule has 0 spiro atoms. The van der Waals surface area contributed by atoms with Crippen molar-refractivity contribution in [1.82, 2.24) is 19.9 Å². The molecule has 7 heteroatoms. The Kier molecular flexibility index (Phi) is 2.83. The number of fused-ring (bicyclic) bond motifs is 1. The molecule has 1 fully saturated rings. The fraction of sp³-hybridized carbons (Fsp3) is 0.417. The summed E-state index contributed by atoms with van der Waals surface area (Å²) in [5.41, 5.74) is 0.974. The second-order valence-electron chi connectivity index (χ2n) is 4.58. The summed E-state index contributed by atoms with van der Waals surface area (Å²) >= 11 is 0. The Morgan fingerprint density at radius 3 is 3.11 bits per heavy atom. The minimum absolute atomic E-state index is 0.207. The standard InChI is InChI=1S/C12H15N5O2/c1-13-12(19)9-6-14-17-5-3-10(15-11(9)17)16-4-2-8(18)7-16/h3,5-6,8,18H,2,4,7H2,1H3,(H,13,19). The van der Waals surface area contributed by atoms with Crippen LogP contribution < -0.4 is 10.2 Å². The fourth-order valence-electron chi connectivity index (χ4n) is 2.28. The number of anilines is 1. The van der Waals surface area contributed by atoms with E-state index in [9.17, 15) is 9.90 Å². The van der Waals surface area contributed by atoms with Gasteiger partial charge in [0, 0.05) is 26.3 Å². The minimum atomic E-state index is -0.304. The molecule has 1 unspecified atom stereocenters. The van der Waals surface area contributed by atoms with Gasteiger partial charge in [0.1, 0.15) is 11.4 Å². The molecule has 1 aliphatic rings. The first kappa shape index (κ1) is 11.9. The normalized spacial score (nSPS) is 19.1. The molecule has 2 N–H and O–H groups in total. The third-order valence-corrected chi connectivity index (χ3v) is 3.31. The number of rotatable bonds is 2. The molecule has 0 saturated carbocycles. The molecule has 1 saturated heterocycles. The molecular weight excluding hydrogens is 246 g/mol. The Balaban J connectivity index is 2.01. The molecule has 0 aromatic carbocycles. The maximum absolute atomic E-state index is 11.7. The lowest BCUT2D eigenvalue weighted by atomic mass is 10.3. The van der Waals surface area contributed by atoms with Crippen molar-refractivity contribution in [3.8, 4) is 0 Å². The van der Waals surface area contributed by atoms with Crippen LogP contribution in [0.25, 0.3) is 5.65 Å². The van der Waals surface area contributed by atoms with Crippen molar-refractivity contribution >= 4 is 17.4 Å². The van der Waals surface area contributed by atoms with E-state index in [-0.39, 0.29) is 12.0 Å². The maximum Gasteiger partial charge on any atom is 0.256 e. The van der Waals surface area contributed by atoms with Gasteiger partial charge in [-0.25, -0.2) is 9.50 Å². The number of amides is 1. The topological polar surface area (TPSA) is 82.8 Å². The predicted octanol–water partition coefficient (Wildman–Crippen LogP) is -0.340. The second kappa shape index (κ2) is 4.51. The monoisotopic (exact) mass is 261 g/mol. The largest absolute Gasteiger partial charge is 0.391 e. The molecule has 1 aliphatic heterocycles. The van der Waals surface area contributed by atoms with Crippen molar-refractivity contribution in [2.24, 2.45) is 0 Å². The third kappa shape index (κ3) is 2.01. The first-order valence-electron chi connectivity index (χ1n) is 6.18. The van der Waals surface area contributed by atoms with E-state index < -0.39 is 0 Å². The number of hydrogen-bond donors (Lipinski definition) is 2. The van der Waals surface area contributed by atoms with Gasteiger partial charge in [0.15, 0.2) is 5.65 Å². The van der Waals surface area contributed by atoms with Gasteiger partial charge in [-0.05, 0) is 12.5 Å². The predicted molar refractivity (Wildman–Crippen MR) is 69.2 cm³/mol. The highest BCUT2D eigenvalue weighted by Gasteiger charge is 2.22. The van der Waals surface area contributed by atoms with Crippen LogP contribution in [0.2, 0.25) is 0 Å². The van der Waals surface area contributed by atoms with Crippen LogP contribution in [0.5, 0.6) is 0 Å². The van der Waals surface area contributed by atoms with Crippen LogP contribution in [0, 0.1) is 0 Å². The summed E-state index contributed by atoms with van der Waals surface area (Å²) in [5.74, 6) is 0.552. The zero-order chi connectivity index (χ0) is 13.4.